The molecule has 3 N–H and O–H groups in total. The van der Waals surface area contributed by atoms with Crippen LogP contribution in [0.2, 0.25) is 0 Å². The van der Waals surface area contributed by atoms with Crippen LogP contribution in [0.1, 0.15) is 144 Å². The lowest BCUT2D eigenvalue weighted by atomic mass is 9.55. The largest absolute Gasteiger partial charge is 0.459 e. The second-order valence-corrected chi connectivity index (χ2v) is 19.4. The first-order valence-corrected chi connectivity index (χ1v) is 26.3. The van der Waals surface area contributed by atoms with Crippen molar-refractivity contribution in [2.24, 2.45) is 22.9 Å². The summed E-state index contributed by atoms with van der Waals surface area (Å²) in [6, 6.07) is 21.5. The van der Waals surface area contributed by atoms with Gasteiger partial charge in [0, 0.05) is 44.1 Å². The summed E-state index contributed by atoms with van der Waals surface area (Å²) in [5.74, 6) is 0.229. The molecule has 11 heteroatoms. The van der Waals surface area contributed by atoms with Gasteiger partial charge < -0.3 is 44.0 Å². The number of rotatable bonds is 32. The summed E-state index contributed by atoms with van der Waals surface area (Å²) in [6.07, 6.45) is 19.7. The van der Waals surface area contributed by atoms with Gasteiger partial charge in [0.15, 0.2) is 0 Å². The Labute approximate surface area is 412 Å². The van der Waals surface area contributed by atoms with Crippen molar-refractivity contribution in [3.63, 3.8) is 0 Å². The molecule has 6 atom stereocenters. The molecule has 1 saturated carbocycles. The zero-order chi connectivity index (χ0) is 48.9. The van der Waals surface area contributed by atoms with E-state index in [2.05, 4.69) is 51.6 Å². The smallest absolute Gasteiger partial charge is 0.239 e. The first-order chi connectivity index (χ1) is 33.8. The van der Waals surface area contributed by atoms with Crippen LogP contribution in [0.5, 0.6) is 17.2 Å². The van der Waals surface area contributed by atoms with E-state index >= 15 is 4.79 Å². The molecule has 1 aliphatic heterocycles. The Morgan fingerprint density at radius 1 is 0.826 bits per heavy atom. The van der Waals surface area contributed by atoms with Gasteiger partial charge in [-0.05, 0) is 110 Å². The number of oxime groups is 1. The van der Waals surface area contributed by atoms with Crippen molar-refractivity contribution < 1.29 is 43.9 Å². The van der Waals surface area contributed by atoms with Crippen LogP contribution in [0.15, 0.2) is 96.2 Å². The number of hydrogen-bond acceptors (Lipinski definition) is 10. The summed E-state index contributed by atoms with van der Waals surface area (Å²) in [4.78, 5) is 23.3. The summed E-state index contributed by atoms with van der Waals surface area (Å²) in [6.45, 7) is 11.7. The number of nitrogens with zero attached hydrogens (tertiary/aromatic N) is 2. The molecular formula is C58H82N2O9. The molecule has 0 unspecified atom stereocenters. The SMILES string of the molecule is C=CCO[C@@]12Oc3ccc(Oc4ccc(C)c(C)c4)cc3[C@H]3[C@H](CCCCO)[C@@H](CCCCO)C=C(C(=NOCc4ccccc4)C[C@@H]1N(CCOCCO)C(=O)CCCCCCCCCCC)[C@H]32. The zero-order valence-electron chi connectivity index (χ0n) is 42.0. The molecule has 0 saturated heterocycles. The molecule has 0 aromatic heterocycles. The van der Waals surface area contributed by atoms with Crippen LogP contribution < -0.4 is 9.47 Å². The topological polar surface area (TPSA) is 140 Å². The quantitative estimate of drug-likeness (QED) is 0.0317. The number of aliphatic hydroxyl groups excluding tert-OH is 3. The number of aliphatic hydroxyl groups is 3. The molecule has 3 aliphatic rings. The lowest BCUT2D eigenvalue weighted by Gasteiger charge is -2.60. The van der Waals surface area contributed by atoms with Crippen molar-refractivity contribution in [1.82, 2.24) is 4.90 Å². The van der Waals surface area contributed by atoms with Crippen LogP contribution in [-0.2, 0) is 25.7 Å². The van der Waals surface area contributed by atoms with Gasteiger partial charge in [0.05, 0.1) is 38.1 Å². The normalized spacial score (nSPS) is 22.0. The maximum Gasteiger partial charge on any atom is 0.239 e. The van der Waals surface area contributed by atoms with Crippen molar-refractivity contribution >= 4 is 11.6 Å². The van der Waals surface area contributed by atoms with E-state index in [1.54, 1.807) is 6.08 Å². The number of amides is 1. The fourth-order valence-electron chi connectivity index (χ4n) is 10.9. The molecule has 0 bridgehead atoms. The summed E-state index contributed by atoms with van der Waals surface area (Å²) in [5.41, 5.74) is 6.04. The fraction of sp³-hybridized carbons (Fsp3) is 0.586. The molecule has 1 amide bonds. The van der Waals surface area contributed by atoms with Crippen molar-refractivity contribution in [3.8, 4) is 17.2 Å². The number of carbonyl (C=O) groups is 1. The lowest BCUT2D eigenvalue weighted by molar-refractivity contribution is -0.258. The van der Waals surface area contributed by atoms with Gasteiger partial charge >= 0.3 is 0 Å². The van der Waals surface area contributed by atoms with Crippen LogP contribution >= 0.6 is 0 Å². The summed E-state index contributed by atoms with van der Waals surface area (Å²) in [5, 5.41) is 34.8. The van der Waals surface area contributed by atoms with Crippen molar-refractivity contribution in [3.05, 3.63) is 113 Å². The second kappa shape index (κ2) is 28.4. The van der Waals surface area contributed by atoms with Crippen molar-refractivity contribution in [2.75, 3.05) is 46.2 Å². The Hall–Kier alpha value is -4.52. The standard InChI is InChI=1S/C58H82N2O9/c1-5-7-8-9-10-11-12-13-17-26-55(64)60(31-36-65-37-34-63)54-41-52(59-67-42-45-22-15-14-16-23-45)50-39-46(24-18-20-32-61)49(25-19-21-33-62)56-51-40-48(68-47-28-27-43(3)44(4)38-47)29-30-53(51)69-58(54,57(50)56)66-35-6-2/h6,14-16,22-23,27-30,38-40,46,49,54,56-57,61-63H,2,5,7-13,17-21,24-26,31-37,41-42H2,1,3-4H3/t46-,49+,54-,56+,57+,58+/m0/s1. The highest BCUT2D eigenvalue weighted by atomic mass is 16.7. The predicted octanol–water partition coefficient (Wildman–Crippen LogP) is 11.7. The van der Waals surface area contributed by atoms with Gasteiger partial charge in [0.1, 0.15) is 29.9 Å². The van der Waals surface area contributed by atoms with E-state index in [-0.39, 0.29) is 76.5 Å². The molecule has 378 valence electrons. The predicted molar refractivity (Wildman–Crippen MR) is 274 cm³/mol. The number of aryl methyl sites for hydroxylation is 2. The number of ether oxygens (including phenoxy) is 4. The van der Waals surface area contributed by atoms with Gasteiger partial charge in [-0.3, -0.25) is 4.79 Å². The van der Waals surface area contributed by atoms with Crippen molar-refractivity contribution in [1.29, 1.82) is 0 Å². The molecule has 69 heavy (non-hydrogen) atoms. The minimum Gasteiger partial charge on any atom is -0.459 e. The first-order valence-electron chi connectivity index (χ1n) is 26.3. The number of benzene rings is 3. The third kappa shape index (κ3) is 14.5. The molecule has 1 heterocycles. The summed E-state index contributed by atoms with van der Waals surface area (Å²) in [7, 11) is 0. The second-order valence-electron chi connectivity index (χ2n) is 19.4. The van der Waals surface area contributed by atoms with Gasteiger partial charge in [-0.25, -0.2) is 0 Å². The monoisotopic (exact) mass is 951 g/mol. The van der Waals surface area contributed by atoms with Crippen LogP contribution in [0, 0.1) is 31.6 Å². The Bertz CT molecular complexity index is 2090. The van der Waals surface area contributed by atoms with Crippen LogP contribution in [0.25, 0.3) is 0 Å². The number of carbonyl (C=O) groups excluding carboxylic acids is 1. The molecule has 3 aromatic rings. The van der Waals surface area contributed by atoms with Crippen LogP contribution in [0.4, 0.5) is 0 Å². The highest BCUT2D eigenvalue weighted by molar-refractivity contribution is 6.03. The van der Waals surface area contributed by atoms with E-state index in [0.29, 0.717) is 37.2 Å². The van der Waals surface area contributed by atoms with Gasteiger partial charge in [-0.2, -0.15) is 0 Å². The number of fused-ring (bicyclic) bond motifs is 2. The first kappa shape index (κ1) is 53.8. The average Bonchev–Trinajstić information content (AvgIpc) is 3.35. The maximum absolute atomic E-state index is 15.0. The number of allylic oxidation sites excluding steroid dienone is 1. The zero-order valence-corrected chi connectivity index (χ0v) is 42.0. The number of hydrogen-bond donors (Lipinski definition) is 3. The Morgan fingerprint density at radius 2 is 1.54 bits per heavy atom. The van der Waals surface area contributed by atoms with Gasteiger partial charge in [-0.1, -0.05) is 125 Å². The summed E-state index contributed by atoms with van der Waals surface area (Å²) < 4.78 is 27.3. The van der Waals surface area contributed by atoms with E-state index in [1.165, 1.54) is 44.1 Å². The molecule has 0 spiro atoms. The fourth-order valence-corrected chi connectivity index (χ4v) is 10.9. The maximum atomic E-state index is 15.0. The third-order valence-electron chi connectivity index (χ3n) is 14.5. The number of unbranched alkanes of at least 4 members (excludes halogenated alkanes) is 10. The van der Waals surface area contributed by atoms with Crippen LogP contribution in [-0.4, -0.2) is 89.9 Å². The third-order valence-corrected chi connectivity index (χ3v) is 14.5. The van der Waals surface area contributed by atoms with E-state index in [9.17, 15) is 15.3 Å². The summed E-state index contributed by atoms with van der Waals surface area (Å²) >= 11 is 0. The van der Waals surface area contributed by atoms with Gasteiger partial charge in [0.2, 0.25) is 11.7 Å². The molecule has 11 nitrogen and oxygen atoms in total. The minimum atomic E-state index is -1.39. The Kier molecular flexibility index (Phi) is 22.1. The van der Waals surface area contributed by atoms with E-state index in [4.69, 9.17) is 28.9 Å². The molecule has 2 aliphatic carbocycles. The van der Waals surface area contributed by atoms with Gasteiger partial charge in [-0.15, -0.1) is 6.58 Å². The Morgan fingerprint density at radius 3 is 2.25 bits per heavy atom. The molecule has 1 fully saturated rings. The van der Waals surface area contributed by atoms with E-state index in [0.717, 1.165) is 78.7 Å². The highest BCUT2D eigenvalue weighted by Gasteiger charge is 2.65. The van der Waals surface area contributed by atoms with E-state index in [1.807, 2.05) is 53.4 Å². The molecular weight excluding hydrogens is 869 g/mol. The minimum absolute atomic E-state index is 0.00521. The Balaban J connectivity index is 1.49. The average molecular weight is 951 g/mol. The highest BCUT2D eigenvalue weighted by Crippen LogP contribution is 2.62. The van der Waals surface area contributed by atoms with Crippen LogP contribution in [0.3, 0.4) is 0 Å². The van der Waals surface area contributed by atoms with Crippen molar-refractivity contribution in [2.45, 2.75) is 154 Å². The van der Waals surface area contributed by atoms with Gasteiger partial charge in [0.25, 0.3) is 0 Å². The molecule has 6 rings (SSSR count). The molecule has 0 radical (unpaired) electrons. The lowest BCUT2D eigenvalue weighted by Crippen LogP contribution is -2.70. The molecule has 3 aromatic carbocycles. The van der Waals surface area contributed by atoms with E-state index < -0.39 is 17.7 Å².